The number of Topliss-reactive ketones (excluding diaryl/α,β-unsaturated/α-hetero) is 1. The SMILES string of the molecule is CCOC(=O)C(Cl)N=Nc1ccc(C(C)=O)cc1. The molecular formula is C12H13ClN2O3. The van der Waals surface area contributed by atoms with Gasteiger partial charge in [0.2, 0.25) is 5.50 Å². The minimum atomic E-state index is -1.16. The summed E-state index contributed by atoms with van der Waals surface area (Å²) >= 11 is 5.65. The Labute approximate surface area is 110 Å². The van der Waals surface area contributed by atoms with Gasteiger partial charge < -0.3 is 4.74 Å². The second kappa shape index (κ2) is 6.86. The summed E-state index contributed by atoms with van der Waals surface area (Å²) in [6.07, 6.45) is 0. The van der Waals surface area contributed by atoms with Gasteiger partial charge in [0.1, 0.15) is 0 Å². The Kier molecular flexibility index (Phi) is 5.45. The van der Waals surface area contributed by atoms with Crippen LogP contribution in [-0.2, 0) is 9.53 Å². The van der Waals surface area contributed by atoms with Gasteiger partial charge in [-0.3, -0.25) is 4.79 Å². The number of carbonyl (C=O) groups is 2. The predicted molar refractivity (Wildman–Crippen MR) is 67.2 cm³/mol. The van der Waals surface area contributed by atoms with E-state index in [1.807, 2.05) is 0 Å². The third-order valence-electron chi connectivity index (χ3n) is 2.03. The lowest BCUT2D eigenvalue weighted by Crippen LogP contribution is -2.14. The normalized spacial score (nSPS) is 12.4. The second-order valence-corrected chi connectivity index (χ2v) is 3.82. The van der Waals surface area contributed by atoms with Gasteiger partial charge in [0.15, 0.2) is 5.78 Å². The molecule has 0 saturated carbocycles. The highest BCUT2D eigenvalue weighted by molar-refractivity contribution is 6.29. The molecule has 0 radical (unpaired) electrons. The van der Waals surface area contributed by atoms with Gasteiger partial charge in [-0.15, -0.1) is 0 Å². The van der Waals surface area contributed by atoms with Crippen LogP contribution in [-0.4, -0.2) is 23.9 Å². The number of nitrogens with zero attached hydrogens (tertiary/aromatic N) is 2. The monoisotopic (exact) mass is 268 g/mol. The molecule has 0 saturated heterocycles. The largest absolute Gasteiger partial charge is 0.463 e. The van der Waals surface area contributed by atoms with Crippen LogP contribution in [0.1, 0.15) is 24.2 Å². The smallest absolute Gasteiger partial charge is 0.348 e. The summed E-state index contributed by atoms with van der Waals surface area (Å²) < 4.78 is 4.67. The number of ketones is 1. The van der Waals surface area contributed by atoms with Crippen molar-refractivity contribution in [1.29, 1.82) is 0 Å². The molecule has 0 aliphatic rings. The average molecular weight is 269 g/mol. The Morgan fingerprint density at radius 1 is 1.33 bits per heavy atom. The maximum absolute atomic E-state index is 11.2. The van der Waals surface area contributed by atoms with Crippen molar-refractivity contribution in [2.75, 3.05) is 6.61 Å². The number of halogens is 1. The van der Waals surface area contributed by atoms with Crippen LogP contribution in [0.4, 0.5) is 5.69 Å². The molecule has 0 bridgehead atoms. The van der Waals surface area contributed by atoms with E-state index in [0.717, 1.165) is 0 Å². The van der Waals surface area contributed by atoms with Crippen LogP contribution < -0.4 is 0 Å². The maximum atomic E-state index is 11.2. The minimum absolute atomic E-state index is 0.0276. The second-order valence-electron chi connectivity index (χ2n) is 3.41. The topological polar surface area (TPSA) is 68.1 Å². The molecule has 1 aromatic carbocycles. The molecule has 0 amide bonds. The highest BCUT2D eigenvalue weighted by Gasteiger charge is 2.14. The first kappa shape index (κ1) is 14.3. The van der Waals surface area contributed by atoms with E-state index in [-0.39, 0.29) is 12.4 Å². The molecule has 1 atom stereocenters. The first-order valence-corrected chi connectivity index (χ1v) is 5.80. The molecule has 0 aliphatic heterocycles. The molecular weight excluding hydrogens is 256 g/mol. The van der Waals surface area contributed by atoms with E-state index in [4.69, 9.17) is 11.6 Å². The first-order chi connectivity index (χ1) is 8.54. The summed E-state index contributed by atoms with van der Waals surface area (Å²) in [7, 11) is 0. The number of alkyl halides is 1. The fraction of sp³-hybridized carbons (Fsp3) is 0.333. The van der Waals surface area contributed by atoms with Crippen molar-refractivity contribution in [3.8, 4) is 0 Å². The van der Waals surface area contributed by atoms with Gasteiger partial charge in [-0.25, -0.2) is 4.79 Å². The van der Waals surface area contributed by atoms with E-state index in [1.165, 1.54) is 6.92 Å². The van der Waals surface area contributed by atoms with E-state index in [1.54, 1.807) is 31.2 Å². The summed E-state index contributed by atoms with van der Waals surface area (Å²) in [5.74, 6) is -0.663. The number of hydrogen-bond donors (Lipinski definition) is 0. The summed E-state index contributed by atoms with van der Waals surface area (Å²) in [6.45, 7) is 3.40. The standard InChI is InChI=1S/C12H13ClN2O3/c1-3-18-12(17)11(13)15-14-10-6-4-9(5-7-10)8(2)16/h4-7,11H,3H2,1-2H3. The molecule has 18 heavy (non-hydrogen) atoms. The zero-order valence-corrected chi connectivity index (χ0v) is 10.8. The number of azo groups is 1. The zero-order valence-electron chi connectivity index (χ0n) is 10.1. The molecule has 0 fully saturated rings. The van der Waals surface area contributed by atoms with Crippen molar-refractivity contribution in [3.05, 3.63) is 29.8 Å². The lowest BCUT2D eigenvalue weighted by molar-refractivity contribution is -0.142. The van der Waals surface area contributed by atoms with Crippen molar-refractivity contribution in [3.63, 3.8) is 0 Å². The lowest BCUT2D eigenvalue weighted by atomic mass is 10.1. The minimum Gasteiger partial charge on any atom is -0.463 e. The third-order valence-corrected chi connectivity index (χ3v) is 2.29. The van der Waals surface area contributed by atoms with E-state index in [0.29, 0.717) is 11.3 Å². The number of ether oxygens (including phenoxy) is 1. The number of hydrogen-bond acceptors (Lipinski definition) is 5. The van der Waals surface area contributed by atoms with Crippen LogP contribution >= 0.6 is 11.6 Å². The predicted octanol–water partition coefficient (Wildman–Crippen LogP) is 3.10. The van der Waals surface area contributed by atoms with Crippen LogP contribution in [0.5, 0.6) is 0 Å². The molecule has 0 heterocycles. The highest BCUT2D eigenvalue weighted by Crippen LogP contribution is 2.15. The van der Waals surface area contributed by atoms with E-state index in [2.05, 4.69) is 15.0 Å². The molecule has 0 spiro atoms. The van der Waals surface area contributed by atoms with Gasteiger partial charge in [-0.05, 0) is 38.1 Å². The van der Waals surface area contributed by atoms with E-state index < -0.39 is 11.5 Å². The Morgan fingerprint density at radius 3 is 2.44 bits per heavy atom. The molecule has 1 unspecified atom stereocenters. The van der Waals surface area contributed by atoms with Crippen molar-refractivity contribution in [2.24, 2.45) is 10.2 Å². The van der Waals surface area contributed by atoms with E-state index >= 15 is 0 Å². The van der Waals surface area contributed by atoms with Gasteiger partial charge in [0.25, 0.3) is 0 Å². The molecule has 0 N–H and O–H groups in total. The average Bonchev–Trinajstić information content (AvgIpc) is 2.36. The Bertz CT molecular complexity index is 457. The molecule has 6 heteroatoms. The highest BCUT2D eigenvalue weighted by atomic mass is 35.5. The Hall–Kier alpha value is -1.75. The lowest BCUT2D eigenvalue weighted by Gasteiger charge is -2.02. The molecule has 96 valence electrons. The fourth-order valence-corrected chi connectivity index (χ4v) is 1.24. The number of esters is 1. The van der Waals surface area contributed by atoms with Crippen LogP contribution in [0.2, 0.25) is 0 Å². The number of rotatable bonds is 5. The Morgan fingerprint density at radius 2 is 1.94 bits per heavy atom. The van der Waals surface area contributed by atoms with Crippen LogP contribution in [0.3, 0.4) is 0 Å². The summed E-state index contributed by atoms with van der Waals surface area (Å²) in [5.41, 5.74) is -0.0610. The number of benzene rings is 1. The Balaban J connectivity index is 2.67. The summed E-state index contributed by atoms with van der Waals surface area (Å²) in [5, 5.41) is 7.41. The third kappa shape index (κ3) is 4.25. The van der Waals surface area contributed by atoms with Gasteiger partial charge in [-0.2, -0.15) is 10.2 Å². The molecule has 5 nitrogen and oxygen atoms in total. The van der Waals surface area contributed by atoms with Crippen LogP contribution in [0, 0.1) is 0 Å². The van der Waals surface area contributed by atoms with E-state index in [9.17, 15) is 9.59 Å². The van der Waals surface area contributed by atoms with Crippen molar-refractivity contribution in [2.45, 2.75) is 19.3 Å². The summed E-state index contributed by atoms with van der Waals surface area (Å²) in [4.78, 5) is 22.2. The summed E-state index contributed by atoms with van der Waals surface area (Å²) in [6, 6.07) is 6.50. The maximum Gasteiger partial charge on any atom is 0.348 e. The van der Waals surface area contributed by atoms with Crippen molar-refractivity contribution < 1.29 is 14.3 Å². The molecule has 1 aromatic rings. The quantitative estimate of drug-likeness (QED) is 0.271. The molecule has 1 rings (SSSR count). The first-order valence-electron chi connectivity index (χ1n) is 5.37. The van der Waals surface area contributed by atoms with Crippen LogP contribution in [0.15, 0.2) is 34.5 Å². The van der Waals surface area contributed by atoms with Gasteiger partial charge >= 0.3 is 5.97 Å². The van der Waals surface area contributed by atoms with Gasteiger partial charge in [0.05, 0.1) is 12.3 Å². The van der Waals surface area contributed by atoms with Gasteiger partial charge in [0, 0.05) is 5.56 Å². The van der Waals surface area contributed by atoms with Crippen LogP contribution in [0.25, 0.3) is 0 Å². The molecule has 0 aliphatic carbocycles. The van der Waals surface area contributed by atoms with Crippen molar-refractivity contribution >= 4 is 29.0 Å². The molecule has 0 aromatic heterocycles. The number of carbonyl (C=O) groups excluding carboxylic acids is 2. The van der Waals surface area contributed by atoms with Crippen molar-refractivity contribution in [1.82, 2.24) is 0 Å². The fourth-order valence-electron chi connectivity index (χ4n) is 1.14. The van der Waals surface area contributed by atoms with Gasteiger partial charge in [-0.1, -0.05) is 11.6 Å². The zero-order chi connectivity index (χ0) is 13.5.